The quantitative estimate of drug-likeness (QED) is 0.400. The number of nitrogens with one attached hydrogen (secondary N) is 1. The standard InChI is InChI=1S/C27H35N3O4/c1-6-32-25-11-10-21(15-26(25)33-7-2)19(4)29-27(31)23(16-28)14-22-13-18(3)30(20(22)5)17-24-9-8-12-34-24/h10-11,13-15,19,24H,6-9,12,17H2,1-5H3,(H,29,31)/b23-14+. The van der Waals surface area contributed by atoms with E-state index in [9.17, 15) is 10.1 Å². The molecule has 2 atom stereocenters. The third kappa shape index (κ3) is 6.00. The highest BCUT2D eigenvalue weighted by Gasteiger charge is 2.20. The molecule has 34 heavy (non-hydrogen) atoms. The van der Waals surface area contributed by atoms with Gasteiger partial charge >= 0.3 is 0 Å². The summed E-state index contributed by atoms with van der Waals surface area (Å²) in [5, 5.41) is 12.6. The first-order valence-electron chi connectivity index (χ1n) is 12.0. The molecule has 182 valence electrons. The molecular weight excluding hydrogens is 430 g/mol. The molecule has 2 aromatic rings. The van der Waals surface area contributed by atoms with Gasteiger partial charge in [-0.05, 0) is 82.9 Å². The average molecular weight is 466 g/mol. The van der Waals surface area contributed by atoms with Gasteiger partial charge in [0.1, 0.15) is 11.6 Å². The summed E-state index contributed by atoms with van der Waals surface area (Å²) in [7, 11) is 0. The van der Waals surface area contributed by atoms with E-state index in [2.05, 4.69) is 16.0 Å². The Labute approximate surface area is 202 Å². The Morgan fingerprint density at radius 3 is 2.65 bits per heavy atom. The van der Waals surface area contributed by atoms with Gasteiger partial charge in [-0.2, -0.15) is 5.26 Å². The van der Waals surface area contributed by atoms with Crippen LogP contribution in [0.25, 0.3) is 6.08 Å². The number of carbonyl (C=O) groups excluding carboxylic acids is 1. The lowest BCUT2D eigenvalue weighted by Crippen LogP contribution is -2.27. The van der Waals surface area contributed by atoms with Crippen LogP contribution in [0.5, 0.6) is 11.5 Å². The number of hydrogen-bond acceptors (Lipinski definition) is 5. The molecule has 1 aliphatic heterocycles. The van der Waals surface area contributed by atoms with E-state index in [0.29, 0.717) is 24.7 Å². The summed E-state index contributed by atoms with van der Waals surface area (Å²) in [5.74, 6) is 0.894. The maximum absolute atomic E-state index is 12.9. The van der Waals surface area contributed by atoms with Crippen molar-refractivity contribution in [3.8, 4) is 17.6 Å². The Bertz CT molecular complexity index is 1070. The van der Waals surface area contributed by atoms with Crippen molar-refractivity contribution in [1.82, 2.24) is 9.88 Å². The molecular formula is C27H35N3O4. The van der Waals surface area contributed by atoms with Gasteiger partial charge in [-0.15, -0.1) is 0 Å². The van der Waals surface area contributed by atoms with Crippen LogP contribution in [0.4, 0.5) is 0 Å². The summed E-state index contributed by atoms with van der Waals surface area (Å²) in [6.45, 7) is 12.4. The number of aromatic nitrogens is 1. The van der Waals surface area contributed by atoms with E-state index in [4.69, 9.17) is 14.2 Å². The van der Waals surface area contributed by atoms with Gasteiger partial charge in [0.25, 0.3) is 5.91 Å². The summed E-state index contributed by atoms with van der Waals surface area (Å²) in [6.07, 6.45) is 4.04. The van der Waals surface area contributed by atoms with Crippen LogP contribution in [-0.4, -0.2) is 36.4 Å². The van der Waals surface area contributed by atoms with Crippen molar-refractivity contribution < 1.29 is 19.0 Å². The number of hydrogen-bond donors (Lipinski definition) is 1. The van der Waals surface area contributed by atoms with E-state index < -0.39 is 5.91 Å². The van der Waals surface area contributed by atoms with Crippen LogP contribution in [0, 0.1) is 25.2 Å². The number of ether oxygens (including phenoxy) is 3. The Kier molecular flexibility index (Phi) is 8.78. The molecule has 1 fully saturated rings. The minimum Gasteiger partial charge on any atom is -0.490 e. The summed E-state index contributed by atoms with van der Waals surface area (Å²) in [6, 6.07) is 9.37. The highest BCUT2D eigenvalue weighted by Crippen LogP contribution is 2.31. The predicted octanol–water partition coefficient (Wildman–Crippen LogP) is 4.87. The molecule has 2 unspecified atom stereocenters. The Morgan fingerprint density at radius 1 is 1.26 bits per heavy atom. The van der Waals surface area contributed by atoms with Crippen LogP contribution in [0.15, 0.2) is 29.8 Å². The monoisotopic (exact) mass is 465 g/mol. The van der Waals surface area contributed by atoms with Crippen LogP contribution in [0.2, 0.25) is 0 Å². The smallest absolute Gasteiger partial charge is 0.262 e. The van der Waals surface area contributed by atoms with Crippen LogP contribution in [-0.2, 0) is 16.1 Å². The van der Waals surface area contributed by atoms with E-state index in [0.717, 1.165) is 48.5 Å². The number of benzene rings is 1. The maximum atomic E-state index is 12.9. The van der Waals surface area contributed by atoms with Crippen LogP contribution < -0.4 is 14.8 Å². The minimum absolute atomic E-state index is 0.0696. The molecule has 1 N–H and O–H groups in total. The highest BCUT2D eigenvalue weighted by molar-refractivity contribution is 6.02. The van der Waals surface area contributed by atoms with Crippen molar-refractivity contribution in [1.29, 1.82) is 5.26 Å². The van der Waals surface area contributed by atoms with Gasteiger partial charge in [-0.1, -0.05) is 6.07 Å². The molecule has 1 aromatic heterocycles. The van der Waals surface area contributed by atoms with Crippen molar-refractivity contribution >= 4 is 12.0 Å². The summed E-state index contributed by atoms with van der Waals surface area (Å²) in [4.78, 5) is 12.9. The van der Waals surface area contributed by atoms with Gasteiger partial charge in [0.05, 0.1) is 25.4 Å². The molecule has 0 aliphatic carbocycles. The zero-order valence-corrected chi connectivity index (χ0v) is 20.8. The van der Waals surface area contributed by atoms with E-state index in [1.807, 2.05) is 58.9 Å². The molecule has 0 spiro atoms. The molecule has 3 rings (SSSR count). The van der Waals surface area contributed by atoms with E-state index >= 15 is 0 Å². The molecule has 1 amide bonds. The molecule has 1 aromatic carbocycles. The summed E-state index contributed by atoms with van der Waals surface area (Å²) in [5.41, 5.74) is 3.92. The van der Waals surface area contributed by atoms with Gasteiger partial charge in [-0.3, -0.25) is 4.79 Å². The zero-order chi connectivity index (χ0) is 24.7. The van der Waals surface area contributed by atoms with E-state index in [1.165, 1.54) is 0 Å². The first-order chi connectivity index (χ1) is 16.4. The molecule has 2 heterocycles. The number of aryl methyl sites for hydroxylation is 1. The molecule has 7 nitrogen and oxygen atoms in total. The topological polar surface area (TPSA) is 85.5 Å². The Morgan fingerprint density at radius 2 is 2.00 bits per heavy atom. The van der Waals surface area contributed by atoms with Crippen LogP contribution in [0.1, 0.15) is 62.2 Å². The summed E-state index contributed by atoms with van der Waals surface area (Å²) >= 11 is 0. The number of nitrogens with zero attached hydrogens (tertiary/aromatic N) is 2. The third-order valence-electron chi connectivity index (χ3n) is 6.10. The number of nitriles is 1. The van der Waals surface area contributed by atoms with Gasteiger partial charge in [-0.25, -0.2) is 0 Å². The Hall–Kier alpha value is -3.24. The normalized spacial score (nSPS) is 16.7. The van der Waals surface area contributed by atoms with E-state index in [1.54, 1.807) is 6.08 Å². The lowest BCUT2D eigenvalue weighted by molar-refractivity contribution is -0.117. The largest absolute Gasteiger partial charge is 0.490 e. The zero-order valence-electron chi connectivity index (χ0n) is 20.8. The number of rotatable bonds is 10. The maximum Gasteiger partial charge on any atom is 0.262 e. The van der Waals surface area contributed by atoms with Gasteiger partial charge in [0, 0.05) is 24.5 Å². The van der Waals surface area contributed by atoms with Gasteiger partial charge in [0.2, 0.25) is 0 Å². The average Bonchev–Trinajstić information content (AvgIpc) is 3.42. The molecule has 7 heteroatoms. The third-order valence-corrected chi connectivity index (χ3v) is 6.10. The second-order valence-electron chi connectivity index (χ2n) is 8.51. The van der Waals surface area contributed by atoms with Crippen LogP contribution in [0.3, 0.4) is 0 Å². The fourth-order valence-corrected chi connectivity index (χ4v) is 4.25. The van der Waals surface area contributed by atoms with E-state index in [-0.39, 0.29) is 17.7 Å². The first-order valence-corrected chi connectivity index (χ1v) is 12.0. The number of amides is 1. The predicted molar refractivity (Wildman–Crippen MR) is 132 cm³/mol. The minimum atomic E-state index is -0.411. The molecule has 0 radical (unpaired) electrons. The van der Waals surface area contributed by atoms with Crippen molar-refractivity contribution in [3.63, 3.8) is 0 Å². The molecule has 0 saturated carbocycles. The fraction of sp³-hybridized carbons (Fsp3) is 0.481. The van der Waals surface area contributed by atoms with Gasteiger partial charge < -0.3 is 24.1 Å². The second-order valence-corrected chi connectivity index (χ2v) is 8.51. The van der Waals surface area contributed by atoms with Gasteiger partial charge in [0.15, 0.2) is 11.5 Å². The van der Waals surface area contributed by atoms with Crippen molar-refractivity contribution in [2.45, 2.75) is 66.2 Å². The number of carbonyl (C=O) groups is 1. The first kappa shape index (κ1) is 25.4. The van der Waals surface area contributed by atoms with Crippen molar-refractivity contribution in [3.05, 3.63) is 52.4 Å². The fourth-order valence-electron chi connectivity index (χ4n) is 4.25. The highest BCUT2D eigenvalue weighted by atomic mass is 16.5. The lowest BCUT2D eigenvalue weighted by Gasteiger charge is -2.17. The SMILES string of the molecule is CCOc1ccc(C(C)NC(=O)/C(C#N)=C/c2cc(C)n(CC3CCCO3)c2C)cc1OCC. The second kappa shape index (κ2) is 11.8. The van der Waals surface area contributed by atoms with Crippen LogP contribution >= 0.6 is 0 Å². The molecule has 0 bridgehead atoms. The van der Waals surface area contributed by atoms with Crippen molar-refractivity contribution in [2.24, 2.45) is 0 Å². The Balaban J connectivity index is 1.76. The summed E-state index contributed by atoms with van der Waals surface area (Å²) < 4.78 is 19.3. The molecule has 1 aliphatic rings. The van der Waals surface area contributed by atoms with Crippen molar-refractivity contribution in [2.75, 3.05) is 19.8 Å². The molecule has 1 saturated heterocycles. The lowest BCUT2D eigenvalue weighted by atomic mass is 10.1.